The maximum absolute atomic E-state index is 12.7. The fraction of sp³-hybridized carbons (Fsp3) is 0.432. The Morgan fingerprint density at radius 3 is 2.16 bits per heavy atom. The average molecular weight is 585 g/mol. The summed E-state index contributed by atoms with van der Waals surface area (Å²) in [4.78, 5) is 39.9. The quantitative estimate of drug-likeness (QED) is 0.154. The molecule has 2 atom stereocenters. The van der Waals surface area contributed by atoms with Crippen LogP contribution in [0.4, 0.5) is 0 Å². The summed E-state index contributed by atoms with van der Waals surface area (Å²) in [6.07, 6.45) is 31.2. The molecule has 1 fully saturated rings. The number of ether oxygens (including phenoxy) is 1. The average Bonchev–Trinajstić information content (AvgIpc) is 3.62. The molecule has 6 nitrogen and oxygen atoms in total. The van der Waals surface area contributed by atoms with Gasteiger partial charge in [-0.1, -0.05) is 98.0 Å². The Morgan fingerprint density at radius 1 is 0.930 bits per heavy atom. The Morgan fingerprint density at radius 2 is 1.53 bits per heavy atom. The summed E-state index contributed by atoms with van der Waals surface area (Å²) < 4.78 is 5.83. The number of unbranched alkanes of at least 4 members (excludes halogenated alkanes) is 1. The number of hydrogen-bond acceptors (Lipinski definition) is 4. The van der Waals surface area contributed by atoms with Gasteiger partial charge < -0.3 is 15.0 Å². The number of allylic oxidation sites excluding steroid dienone is 10. The van der Waals surface area contributed by atoms with Crippen molar-refractivity contribution in [1.82, 2.24) is 10.2 Å². The summed E-state index contributed by atoms with van der Waals surface area (Å²) in [5, 5.41) is 2.89. The number of nitrogens with zero attached hydrogens (tertiary/aromatic N) is 1. The molecule has 43 heavy (non-hydrogen) atoms. The van der Waals surface area contributed by atoms with Gasteiger partial charge >= 0.3 is 0 Å². The van der Waals surface area contributed by atoms with Crippen molar-refractivity contribution in [3.05, 3.63) is 108 Å². The monoisotopic (exact) mass is 584 g/mol. The lowest BCUT2D eigenvalue weighted by molar-refractivity contribution is -0.132. The Hall–Kier alpha value is -3.93. The van der Waals surface area contributed by atoms with Gasteiger partial charge in [0, 0.05) is 37.7 Å². The maximum Gasteiger partial charge on any atom is 0.286 e. The second-order valence-corrected chi connectivity index (χ2v) is 11.2. The minimum absolute atomic E-state index is 0.0392. The van der Waals surface area contributed by atoms with E-state index in [1.165, 1.54) is 6.08 Å². The van der Waals surface area contributed by atoms with Gasteiger partial charge in [-0.25, -0.2) is 0 Å². The van der Waals surface area contributed by atoms with Crippen molar-refractivity contribution < 1.29 is 19.1 Å². The molecule has 0 radical (unpaired) electrons. The first-order valence-electron chi connectivity index (χ1n) is 15.8. The molecule has 1 N–H and O–H groups in total. The van der Waals surface area contributed by atoms with Crippen molar-refractivity contribution in [3.63, 3.8) is 0 Å². The Balaban J connectivity index is 1.23. The predicted molar refractivity (Wildman–Crippen MR) is 174 cm³/mol. The summed E-state index contributed by atoms with van der Waals surface area (Å²) >= 11 is 0. The largest absolute Gasteiger partial charge is 0.469 e. The highest BCUT2D eigenvalue weighted by Crippen LogP contribution is 2.34. The molecule has 1 aromatic rings. The number of carbonyl (C=O) groups excluding carboxylic acids is 3. The molecule has 3 rings (SSSR count). The topological polar surface area (TPSA) is 75.7 Å². The van der Waals surface area contributed by atoms with Crippen molar-refractivity contribution in [3.8, 4) is 0 Å². The molecule has 1 unspecified atom stereocenters. The first kappa shape index (κ1) is 33.6. The van der Waals surface area contributed by atoms with Gasteiger partial charge in [-0.15, -0.1) is 0 Å². The number of ketones is 1. The molecule has 2 aliphatic heterocycles. The van der Waals surface area contributed by atoms with Gasteiger partial charge in [0.1, 0.15) is 0 Å². The molecule has 1 saturated heterocycles. The van der Waals surface area contributed by atoms with Crippen LogP contribution in [-0.2, 0) is 24.7 Å². The predicted octanol–water partition coefficient (Wildman–Crippen LogP) is 7.27. The molecule has 0 spiro atoms. The van der Waals surface area contributed by atoms with Crippen LogP contribution in [0.1, 0.15) is 77.2 Å². The number of hydrogen-bond donors (Lipinski definition) is 1. The molecule has 6 heteroatoms. The summed E-state index contributed by atoms with van der Waals surface area (Å²) in [5.41, 5.74) is -0.470. The highest BCUT2D eigenvalue weighted by molar-refractivity contribution is 6.07. The lowest BCUT2D eigenvalue weighted by atomic mass is 9.92. The van der Waals surface area contributed by atoms with Crippen molar-refractivity contribution >= 4 is 17.6 Å². The zero-order valence-corrected chi connectivity index (χ0v) is 25.9. The van der Waals surface area contributed by atoms with E-state index in [0.29, 0.717) is 31.6 Å². The van der Waals surface area contributed by atoms with Gasteiger partial charge in [0.15, 0.2) is 11.4 Å². The van der Waals surface area contributed by atoms with Gasteiger partial charge in [0.05, 0.1) is 0 Å². The van der Waals surface area contributed by atoms with Crippen molar-refractivity contribution in [1.29, 1.82) is 0 Å². The Bertz CT molecular complexity index is 1220. The number of benzene rings is 1. The van der Waals surface area contributed by atoms with Crippen LogP contribution >= 0.6 is 0 Å². The first-order valence-corrected chi connectivity index (χ1v) is 15.8. The van der Waals surface area contributed by atoms with Crippen LogP contribution in [0.25, 0.3) is 0 Å². The van der Waals surface area contributed by atoms with E-state index in [1.807, 2.05) is 35.2 Å². The van der Waals surface area contributed by atoms with Crippen LogP contribution < -0.4 is 5.32 Å². The third kappa shape index (κ3) is 11.3. The second-order valence-electron chi connectivity index (χ2n) is 11.2. The van der Waals surface area contributed by atoms with Crippen molar-refractivity contribution in [2.75, 3.05) is 19.6 Å². The summed E-state index contributed by atoms with van der Waals surface area (Å²) in [5.74, 6) is -0.234. The van der Waals surface area contributed by atoms with Gasteiger partial charge in [0.2, 0.25) is 11.7 Å². The van der Waals surface area contributed by atoms with Gasteiger partial charge in [-0.05, 0) is 64.2 Å². The van der Waals surface area contributed by atoms with Crippen LogP contribution in [0.2, 0.25) is 0 Å². The van der Waals surface area contributed by atoms with Crippen LogP contribution in [0.5, 0.6) is 0 Å². The van der Waals surface area contributed by atoms with Gasteiger partial charge in [0.25, 0.3) is 5.91 Å². The van der Waals surface area contributed by atoms with Crippen molar-refractivity contribution in [2.45, 2.75) is 77.2 Å². The van der Waals surface area contributed by atoms with E-state index >= 15 is 0 Å². The second kappa shape index (κ2) is 18.6. The third-order valence-electron chi connectivity index (χ3n) is 7.70. The van der Waals surface area contributed by atoms with E-state index in [1.54, 1.807) is 6.92 Å². The summed E-state index contributed by atoms with van der Waals surface area (Å²) in [6, 6.07) is 9.19. The molecule has 1 aromatic carbocycles. The van der Waals surface area contributed by atoms with E-state index in [2.05, 4.69) is 73.0 Å². The highest BCUT2D eigenvalue weighted by atomic mass is 16.5. The number of carbonyl (C=O) groups is 3. The first-order chi connectivity index (χ1) is 20.9. The SMILES string of the molecule is CCC=CCC=CCC=CCC=CCC=CCCCC(=O)N1CC[C@@H](CNC(=O)C2=CC(=O)C(C)(c3ccccc3)O2)C1. The number of rotatable bonds is 17. The van der Waals surface area contributed by atoms with E-state index in [9.17, 15) is 14.4 Å². The smallest absolute Gasteiger partial charge is 0.286 e. The zero-order chi connectivity index (χ0) is 30.8. The van der Waals surface area contributed by atoms with Crippen LogP contribution in [0, 0.1) is 5.92 Å². The molecule has 230 valence electrons. The van der Waals surface area contributed by atoms with Crippen LogP contribution in [0.3, 0.4) is 0 Å². The number of likely N-dealkylation sites (tertiary alicyclic amines) is 1. The molecule has 0 aromatic heterocycles. The van der Waals surface area contributed by atoms with E-state index in [0.717, 1.165) is 51.4 Å². The number of nitrogens with one attached hydrogen (secondary N) is 1. The van der Waals surface area contributed by atoms with E-state index < -0.39 is 11.5 Å². The van der Waals surface area contributed by atoms with Crippen LogP contribution in [-0.4, -0.2) is 42.1 Å². The summed E-state index contributed by atoms with van der Waals surface area (Å²) in [7, 11) is 0. The molecule has 2 heterocycles. The lowest BCUT2D eigenvalue weighted by Crippen LogP contribution is -2.35. The summed E-state index contributed by atoms with van der Waals surface area (Å²) in [6.45, 7) is 5.63. The molecule has 0 aliphatic carbocycles. The Labute approximate surface area is 258 Å². The number of amides is 2. The van der Waals surface area contributed by atoms with Gasteiger partial charge in [-0.3, -0.25) is 14.4 Å². The van der Waals surface area contributed by atoms with Crippen molar-refractivity contribution in [2.24, 2.45) is 5.92 Å². The molecule has 2 aliphatic rings. The molecule has 0 bridgehead atoms. The minimum Gasteiger partial charge on any atom is -0.469 e. The lowest BCUT2D eigenvalue weighted by Gasteiger charge is -2.24. The normalized spacial score (nSPS) is 20.8. The minimum atomic E-state index is -1.18. The molecular formula is C37H48N2O4. The molecule has 0 saturated carbocycles. The van der Waals surface area contributed by atoms with Gasteiger partial charge in [-0.2, -0.15) is 0 Å². The molecular weight excluding hydrogens is 536 g/mol. The van der Waals surface area contributed by atoms with Crippen LogP contribution in [0.15, 0.2) is 103 Å². The van der Waals surface area contributed by atoms with E-state index in [4.69, 9.17) is 4.74 Å². The Kier molecular flexibility index (Phi) is 14.5. The standard InChI is InChI=1S/C37H48N2O4/c1-3-4-5-6-7-8-9-10-11-12-13-14-15-16-17-18-22-25-35(41)39-27-26-31(30-39)29-38-36(42)33-28-34(40)37(2,43-33)32-23-20-19-21-24-32/h4-5,7-8,10-11,13-14,16-17,19-21,23-24,28,31H,3,6,9,12,15,18,22,25-27,29-30H2,1-2H3,(H,38,42)/t31-,37?/m0/s1. The maximum atomic E-state index is 12.7. The van der Waals surface area contributed by atoms with E-state index in [-0.39, 0.29) is 23.4 Å². The molecule has 2 amide bonds. The third-order valence-corrected chi connectivity index (χ3v) is 7.70. The fourth-order valence-corrected chi connectivity index (χ4v) is 5.07. The zero-order valence-electron chi connectivity index (χ0n) is 25.9. The highest BCUT2D eigenvalue weighted by Gasteiger charge is 2.43. The fourth-order valence-electron chi connectivity index (χ4n) is 5.07.